The van der Waals surface area contributed by atoms with Crippen LogP contribution in [0, 0.1) is 0 Å². The van der Waals surface area contributed by atoms with Crippen molar-refractivity contribution in [1.82, 2.24) is 0 Å². The first-order valence-corrected chi connectivity index (χ1v) is 13.4. The van der Waals surface area contributed by atoms with Gasteiger partial charge in [0.2, 0.25) is 0 Å². The largest absolute Gasteiger partial charge is 0.368 e. The van der Waals surface area contributed by atoms with Crippen LogP contribution in [0.5, 0.6) is 0 Å². The van der Waals surface area contributed by atoms with Gasteiger partial charge in [0.05, 0.1) is 39.3 Å². The standard InChI is InChI=1S/C30H38N2O7/c1-3-27(33)17-29-36-19-25(20-37-29)23-5-9-31(10-6-23)13-15-35-16-14-32-11-7-24(8-12-32)26-21-38-30(39-22-26)18-28(34)4-2/h3-12,25-26,29-30H,1-2,13-22H2/q+2. The van der Waals surface area contributed by atoms with Gasteiger partial charge in [-0.25, -0.2) is 9.13 Å². The minimum Gasteiger partial charge on any atom is -0.368 e. The molecular formula is C30H38N2O7+2. The van der Waals surface area contributed by atoms with Crippen LogP contribution in [0.15, 0.2) is 74.4 Å². The molecule has 0 radical (unpaired) electrons. The van der Waals surface area contributed by atoms with Crippen molar-refractivity contribution in [3.05, 3.63) is 85.5 Å². The van der Waals surface area contributed by atoms with Crippen molar-refractivity contribution in [2.24, 2.45) is 0 Å². The molecule has 0 atom stereocenters. The second kappa shape index (κ2) is 14.9. The average molecular weight is 539 g/mol. The van der Waals surface area contributed by atoms with Gasteiger partial charge in [0, 0.05) is 36.1 Å². The zero-order valence-corrected chi connectivity index (χ0v) is 22.3. The van der Waals surface area contributed by atoms with E-state index in [1.807, 2.05) is 24.8 Å². The molecule has 208 valence electrons. The quantitative estimate of drug-likeness (QED) is 0.207. The maximum Gasteiger partial charge on any atom is 0.171 e. The summed E-state index contributed by atoms with van der Waals surface area (Å²) in [6.07, 6.45) is 10.2. The summed E-state index contributed by atoms with van der Waals surface area (Å²) in [6.45, 7) is 11.8. The molecule has 0 amide bonds. The second-order valence-electron chi connectivity index (χ2n) is 9.69. The van der Waals surface area contributed by atoms with Gasteiger partial charge < -0.3 is 23.7 Å². The van der Waals surface area contributed by atoms with E-state index in [1.54, 1.807) is 0 Å². The lowest BCUT2D eigenvalue weighted by molar-refractivity contribution is -0.705. The van der Waals surface area contributed by atoms with Crippen molar-refractivity contribution < 1.29 is 42.4 Å². The lowest BCUT2D eigenvalue weighted by Crippen LogP contribution is -2.38. The Hall–Kier alpha value is -3.08. The summed E-state index contributed by atoms with van der Waals surface area (Å²) in [5.74, 6) is 0.150. The molecule has 9 heteroatoms. The topological polar surface area (TPSA) is 88.1 Å². The summed E-state index contributed by atoms with van der Waals surface area (Å²) in [7, 11) is 0. The van der Waals surface area contributed by atoms with Crippen LogP contribution in [0.4, 0.5) is 0 Å². The summed E-state index contributed by atoms with van der Waals surface area (Å²) in [4.78, 5) is 22.9. The van der Waals surface area contributed by atoms with Crippen LogP contribution in [0.25, 0.3) is 0 Å². The van der Waals surface area contributed by atoms with Crippen molar-refractivity contribution in [2.45, 2.75) is 50.3 Å². The Bertz CT molecular complexity index is 1000. The van der Waals surface area contributed by atoms with Crippen LogP contribution in [-0.2, 0) is 46.4 Å². The summed E-state index contributed by atoms with van der Waals surface area (Å²) >= 11 is 0. The number of nitrogens with zero attached hydrogens (tertiary/aromatic N) is 2. The molecule has 2 aliphatic heterocycles. The summed E-state index contributed by atoms with van der Waals surface area (Å²) in [5.41, 5.74) is 2.30. The minimum atomic E-state index is -0.482. The Morgan fingerprint density at radius 2 is 1.08 bits per heavy atom. The van der Waals surface area contributed by atoms with E-state index in [0.717, 1.165) is 24.2 Å². The van der Waals surface area contributed by atoms with E-state index >= 15 is 0 Å². The third kappa shape index (κ3) is 8.98. The van der Waals surface area contributed by atoms with Crippen LogP contribution in [0.3, 0.4) is 0 Å². The number of hydrogen-bond acceptors (Lipinski definition) is 7. The number of pyridine rings is 2. The summed E-state index contributed by atoms with van der Waals surface area (Å²) in [5, 5.41) is 0. The zero-order valence-electron chi connectivity index (χ0n) is 22.3. The number of carbonyl (C=O) groups is 2. The van der Waals surface area contributed by atoms with E-state index in [1.165, 1.54) is 12.2 Å². The average Bonchev–Trinajstić information content (AvgIpc) is 2.98. The fraction of sp³-hybridized carbons (Fsp3) is 0.467. The third-order valence-corrected chi connectivity index (χ3v) is 6.89. The van der Waals surface area contributed by atoms with E-state index in [2.05, 4.69) is 46.6 Å². The van der Waals surface area contributed by atoms with E-state index in [4.69, 9.17) is 23.7 Å². The SMILES string of the molecule is C=CC(=O)CC1OCC(c2cc[n+](CCOCC[n+]3ccc(C4COC(CC(=O)C=C)OC4)cc3)cc2)CO1. The predicted octanol–water partition coefficient (Wildman–Crippen LogP) is 2.18. The molecule has 0 unspecified atom stereocenters. The maximum atomic E-state index is 11.5. The van der Waals surface area contributed by atoms with Crippen molar-refractivity contribution in [3.8, 4) is 0 Å². The zero-order chi connectivity index (χ0) is 27.5. The normalized spacial score (nSPS) is 23.2. The molecule has 0 aromatic carbocycles. The van der Waals surface area contributed by atoms with Gasteiger partial charge in [0.25, 0.3) is 0 Å². The van der Waals surface area contributed by atoms with Gasteiger partial charge in [-0.05, 0) is 23.3 Å². The minimum absolute atomic E-state index is 0.0757. The van der Waals surface area contributed by atoms with Crippen LogP contribution in [0.1, 0.15) is 35.8 Å². The fourth-order valence-electron chi connectivity index (χ4n) is 4.42. The van der Waals surface area contributed by atoms with Gasteiger partial charge in [0.1, 0.15) is 13.2 Å². The molecule has 4 heterocycles. The van der Waals surface area contributed by atoms with E-state index < -0.39 is 12.6 Å². The molecule has 2 fully saturated rings. The number of aromatic nitrogens is 2. The maximum absolute atomic E-state index is 11.5. The van der Waals surface area contributed by atoms with Crippen LogP contribution >= 0.6 is 0 Å². The molecule has 4 rings (SSSR count). The van der Waals surface area contributed by atoms with Crippen LogP contribution in [-0.4, -0.2) is 63.8 Å². The Kier molecular flexibility index (Phi) is 11.1. The molecule has 39 heavy (non-hydrogen) atoms. The highest BCUT2D eigenvalue weighted by molar-refractivity contribution is 5.89. The number of hydrogen-bond donors (Lipinski definition) is 0. The Morgan fingerprint density at radius 1 is 0.718 bits per heavy atom. The fourth-order valence-corrected chi connectivity index (χ4v) is 4.42. The number of allylic oxidation sites excluding steroid dienone is 2. The lowest BCUT2D eigenvalue weighted by atomic mass is 10.0. The van der Waals surface area contributed by atoms with Crippen molar-refractivity contribution in [1.29, 1.82) is 0 Å². The first kappa shape index (κ1) is 28.9. The van der Waals surface area contributed by atoms with E-state index in [9.17, 15) is 9.59 Å². The predicted molar refractivity (Wildman–Crippen MR) is 141 cm³/mol. The van der Waals surface area contributed by atoms with Crippen LogP contribution < -0.4 is 9.13 Å². The van der Waals surface area contributed by atoms with E-state index in [-0.39, 0.29) is 36.2 Å². The number of ketones is 2. The number of rotatable bonds is 14. The van der Waals surface area contributed by atoms with E-state index in [0.29, 0.717) is 39.6 Å². The molecular weight excluding hydrogens is 500 g/mol. The van der Waals surface area contributed by atoms with Gasteiger partial charge in [-0.3, -0.25) is 9.59 Å². The second-order valence-corrected chi connectivity index (χ2v) is 9.69. The monoisotopic (exact) mass is 538 g/mol. The van der Waals surface area contributed by atoms with Gasteiger partial charge in [0.15, 0.2) is 62.0 Å². The molecule has 0 spiro atoms. The smallest absolute Gasteiger partial charge is 0.171 e. The Morgan fingerprint density at radius 3 is 1.41 bits per heavy atom. The van der Waals surface area contributed by atoms with Gasteiger partial charge in [-0.15, -0.1) is 0 Å². The Balaban J connectivity index is 1.10. The molecule has 0 N–H and O–H groups in total. The van der Waals surface area contributed by atoms with Crippen LogP contribution in [0.2, 0.25) is 0 Å². The van der Waals surface area contributed by atoms with Gasteiger partial charge in [-0.1, -0.05) is 13.2 Å². The lowest BCUT2D eigenvalue weighted by Gasteiger charge is -2.28. The molecule has 2 saturated heterocycles. The number of carbonyl (C=O) groups excluding carboxylic acids is 2. The first-order valence-electron chi connectivity index (χ1n) is 13.4. The summed E-state index contributed by atoms with van der Waals surface area (Å²) in [6, 6.07) is 8.31. The Labute approximate surface area is 229 Å². The summed E-state index contributed by atoms with van der Waals surface area (Å²) < 4.78 is 32.8. The van der Waals surface area contributed by atoms with Gasteiger partial charge in [-0.2, -0.15) is 0 Å². The molecule has 9 nitrogen and oxygen atoms in total. The molecule has 0 saturated carbocycles. The highest BCUT2D eigenvalue weighted by Crippen LogP contribution is 2.24. The first-order chi connectivity index (χ1) is 19.0. The van der Waals surface area contributed by atoms with Crippen molar-refractivity contribution in [2.75, 3.05) is 39.6 Å². The molecule has 2 aromatic heterocycles. The third-order valence-electron chi connectivity index (χ3n) is 6.89. The highest BCUT2D eigenvalue weighted by atomic mass is 16.7. The molecule has 2 aromatic rings. The molecule has 0 aliphatic carbocycles. The molecule has 0 bridgehead atoms. The number of ether oxygens (including phenoxy) is 5. The highest BCUT2D eigenvalue weighted by Gasteiger charge is 2.26. The molecule has 2 aliphatic rings. The van der Waals surface area contributed by atoms with Gasteiger partial charge >= 0.3 is 0 Å². The van der Waals surface area contributed by atoms with Crippen molar-refractivity contribution in [3.63, 3.8) is 0 Å². The van der Waals surface area contributed by atoms with Crippen molar-refractivity contribution >= 4 is 11.6 Å².